The van der Waals surface area contributed by atoms with Crippen LogP contribution in [0.5, 0.6) is 11.5 Å². The van der Waals surface area contributed by atoms with Crippen LogP contribution in [0.3, 0.4) is 0 Å². The Labute approximate surface area is 156 Å². The Kier molecular flexibility index (Phi) is 4.98. The van der Waals surface area contributed by atoms with E-state index in [0.717, 1.165) is 36.0 Å². The zero-order valence-electron chi connectivity index (χ0n) is 10.7. The van der Waals surface area contributed by atoms with E-state index >= 15 is 0 Å². The molecule has 2 aromatic carbocycles. The van der Waals surface area contributed by atoms with Gasteiger partial charge in [-0.25, -0.2) is 0 Å². The first kappa shape index (κ1) is 15.8. The van der Waals surface area contributed by atoms with Gasteiger partial charge in [-0.2, -0.15) is 0 Å². The van der Waals surface area contributed by atoms with Crippen LogP contribution >= 0.6 is 63.7 Å². The van der Waals surface area contributed by atoms with Crippen LogP contribution in [0.1, 0.15) is 16.0 Å². The summed E-state index contributed by atoms with van der Waals surface area (Å²) in [5.74, 6) is 1.57. The van der Waals surface area contributed by atoms with Gasteiger partial charge in [0.05, 0.1) is 4.83 Å². The molecule has 1 aliphatic rings. The molecule has 110 valence electrons. The molecule has 3 rings (SSSR count). The average molecular weight is 542 g/mol. The standard InChI is InChI=1S/C15H10Br4O2/c16-8-1-2-11(17)9(5-8)15(19)10-6-13-14(7-12(10)18)21-4-3-20-13/h1-2,5-7,15H,3-4H2. The SMILES string of the molecule is Brc1ccc(Br)c(C(Br)c2cc3c(cc2Br)OCCO3)c1. The summed E-state index contributed by atoms with van der Waals surface area (Å²) < 4.78 is 14.3. The maximum atomic E-state index is 5.67. The Balaban J connectivity index is 2.05. The van der Waals surface area contributed by atoms with E-state index in [0.29, 0.717) is 13.2 Å². The summed E-state index contributed by atoms with van der Waals surface area (Å²) in [5.41, 5.74) is 2.24. The lowest BCUT2D eigenvalue weighted by atomic mass is 10.0. The van der Waals surface area contributed by atoms with Crippen LogP contribution < -0.4 is 9.47 Å². The molecule has 0 radical (unpaired) electrons. The molecule has 0 aromatic heterocycles. The van der Waals surface area contributed by atoms with E-state index in [1.54, 1.807) is 0 Å². The van der Waals surface area contributed by atoms with Crippen molar-refractivity contribution >= 4 is 63.7 Å². The predicted molar refractivity (Wildman–Crippen MR) is 97.7 cm³/mol. The van der Waals surface area contributed by atoms with Crippen LogP contribution in [0.2, 0.25) is 0 Å². The second-order valence-electron chi connectivity index (χ2n) is 4.55. The highest BCUT2D eigenvalue weighted by atomic mass is 79.9. The van der Waals surface area contributed by atoms with Crippen molar-refractivity contribution in [3.63, 3.8) is 0 Å². The number of hydrogen-bond donors (Lipinski definition) is 0. The molecule has 0 saturated carbocycles. The van der Waals surface area contributed by atoms with Crippen LogP contribution in [0.15, 0.2) is 43.7 Å². The highest BCUT2D eigenvalue weighted by molar-refractivity contribution is 9.11. The van der Waals surface area contributed by atoms with Gasteiger partial charge in [-0.3, -0.25) is 0 Å². The number of benzene rings is 2. The third-order valence-electron chi connectivity index (χ3n) is 3.17. The van der Waals surface area contributed by atoms with E-state index in [1.165, 1.54) is 0 Å². The first-order valence-electron chi connectivity index (χ1n) is 6.24. The third-order valence-corrected chi connectivity index (χ3v) is 6.05. The quantitative estimate of drug-likeness (QED) is 0.420. The van der Waals surface area contributed by atoms with E-state index in [-0.39, 0.29) is 4.83 Å². The minimum Gasteiger partial charge on any atom is -0.486 e. The summed E-state index contributed by atoms with van der Waals surface area (Å²) >= 11 is 14.5. The Bertz CT molecular complexity index is 688. The molecule has 0 N–H and O–H groups in total. The maximum Gasteiger partial charge on any atom is 0.162 e. The first-order chi connectivity index (χ1) is 10.1. The number of alkyl halides is 1. The van der Waals surface area contributed by atoms with Crippen molar-refractivity contribution in [1.82, 2.24) is 0 Å². The lowest BCUT2D eigenvalue weighted by Gasteiger charge is -2.22. The van der Waals surface area contributed by atoms with Gasteiger partial charge in [0.25, 0.3) is 0 Å². The number of halogens is 4. The fraction of sp³-hybridized carbons (Fsp3) is 0.200. The van der Waals surface area contributed by atoms with Gasteiger partial charge in [0.2, 0.25) is 0 Å². The topological polar surface area (TPSA) is 18.5 Å². The van der Waals surface area contributed by atoms with Gasteiger partial charge in [0, 0.05) is 13.4 Å². The smallest absolute Gasteiger partial charge is 0.162 e. The van der Waals surface area contributed by atoms with Crippen molar-refractivity contribution in [2.75, 3.05) is 13.2 Å². The van der Waals surface area contributed by atoms with E-state index in [2.05, 4.69) is 69.8 Å². The molecule has 0 aliphatic carbocycles. The maximum absolute atomic E-state index is 5.67. The third kappa shape index (κ3) is 3.33. The Morgan fingerprint density at radius 3 is 2.14 bits per heavy atom. The molecule has 0 spiro atoms. The molecular weight excluding hydrogens is 532 g/mol. The zero-order valence-corrected chi connectivity index (χ0v) is 17.1. The Morgan fingerprint density at radius 1 is 0.810 bits per heavy atom. The minimum absolute atomic E-state index is 0.0366. The Hall–Kier alpha value is -0.0400. The number of ether oxygens (including phenoxy) is 2. The molecule has 0 amide bonds. The highest BCUT2D eigenvalue weighted by Gasteiger charge is 2.21. The van der Waals surface area contributed by atoms with Crippen molar-refractivity contribution in [2.24, 2.45) is 0 Å². The molecule has 6 heteroatoms. The van der Waals surface area contributed by atoms with E-state index in [9.17, 15) is 0 Å². The largest absolute Gasteiger partial charge is 0.486 e. The van der Waals surface area contributed by atoms with Crippen LogP contribution in [0.4, 0.5) is 0 Å². The summed E-state index contributed by atoms with van der Waals surface area (Å²) in [5, 5.41) is 0. The monoisotopic (exact) mass is 538 g/mol. The lowest BCUT2D eigenvalue weighted by molar-refractivity contribution is 0.171. The van der Waals surface area contributed by atoms with Crippen molar-refractivity contribution in [2.45, 2.75) is 4.83 Å². The predicted octanol–water partition coefficient (Wildman–Crippen LogP) is 6.23. The molecular formula is C15H10Br4O2. The lowest BCUT2D eigenvalue weighted by Crippen LogP contribution is -2.15. The van der Waals surface area contributed by atoms with Gasteiger partial charge in [0.15, 0.2) is 11.5 Å². The second-order valence-corrected chi connectivity index (χ2v) is 8.09. The van der Waals surface area contributed by atoms with E-state index in [4.69, 9.17) is 9.47 Å². The molecule has 1 aliphatic heterocycles. The van der Waals surface area contributed by atoms with Gasteiger partial charge in [0.1, 0.15) is 13.2 Å². The zero-order chi connectivity index (χ0) is 15.0. The van der Waals surface area contributed by atoms with Gasteiger partial charge < -0.3 is 9.47 Å². The molecule has 1 unspecified atom stereocenters. The summed E-state index contributed by atoms with van der Waals surface area (Å²) in [7, 11) is 0. The van der Waals surface area contributed by atoms with Crippen LogP contribution in [-0.4, -0.2) is 13.2 Å². The molecule has 2 nitrogen and oxygen atoms in total. The van der Waals surface area contributed by atoms with E-state index < -0.39 is 0 Å². The fourth-order valence-electron chi connectivity index (χ4n) is 2.15. The first-order valence-corrected chi connectivity index (χ1v) is 9.54. The normalized spacial score (nSPS) is 14.9. The van der Waals surface area contributed by atoms with Crippen LogP contribution in [0, 0.1) is 0 Å². The Morgan fingerprint density at radius 2 is 1.43 bits per heavy atom. The van der Waals surface area contributed by atoms with Gasteiger partial charge in [-0.05, 0) is 41.5 Å². The van der Waals surface area contributed by atoms with Crippen LogP contribution in [0.25, 0.3) is 0 Å². The summed E-state index contributed by atoms with van der Waals surface area (Å²) in [4.78, 5) is 0.0366. The molecule has 21 heavy (non-hydrogen) atoms. The summed E-state index contributed by atoms with van der Waals surface area (Å²) in [6.45, 7) is 1.18. The van der Waals surface area contributed by atoms with Gasteiger partial charge in [-0.1, -0.05) is 63.7 Å². The number of fused-ring (bicyclic) bond motifs is 1. The van der Waals surface area contributed by atoms with Crippen molar-refractivity contribution in [3.8, 4) is 11.5 Å². The molecule has 2 aromatic rings. The fourth-order valence-corrected chi connectivity index (χ4v) is 4.93. The molecule has 1 heterocycles. The molecule has 1 atom stereocenters. The average Bonchev–Trinajstić information content (AvgIpc) is 2.48. The van der Waals surface area contributed by atoms with Crippen molar-refractivity contribution in [1.29, 1.82) is 0 Å². The van der Waals surface area contributed by atoms with Gasteiger partial charge >= 0.3 is 0 Å². The molecule has 0 bridgehead atoms. The number of hydrogen-bond acceptors (Lipinski definition) is 2. The van der Waals surface area contributed by atoms with E-state index in [1.807, 2.05) is 24.3 Å². The molecule has 0 fully saturated rings. The van der Waals surface area contributed by atoms with Crippen molar-refractivity contribution < 1.29 is 9.47 Å². The minimum atomic E-state index is 0.0366. The van der Waals surface area contributed by atoms with Crippen LogP contribution in [-0.2, 0) is 0 Å². The summed E-state index contributed by atoms with van der Waals surface area (Å²) in [6.07, 6.45) is 0. The van der Waals surface area contributed by atoms with Crippen molar-refractivity contribution in [3.05, 3.63) is 54.9 Å². The summed E-state index contributed by atoms with van der Waals surface area (Å²) in [6, 6.07) is 10.1. The highest BCUT2D eigenvalue weighted by Crippen LogP contribution is 2.44. The molecule has 0 saturated heterocycles. The second kappa shape index (κ2) is 6.60. The number of rotatable bonds is 2. The van der Waals surface area contributed by atoms with Gasteiger partial charge in [-0.15, -0.1) is 0 Å².